The molecule has 116 valence electrons. The smallest absolute Gasteiger partial charge is 0.228 e. The molecule has 2 aromatic rings. The van der Waals surface area contributed by atoms with Crippen LogP contribution in [-0.4, -0.2) is 42.0 Å². The van der Waals surface area contributed by atoms with Gasteiger partial charge in [0.25, 0.3) is 0 Å². The number of hydrogen-bond donors (Lipinski definition) is 1. The van der Waals surface area contributed by atoms with E-state index in [1.165, 1.54) is 23.5 Å². The second-order valence-corrected chi connectivity index (χ2v) is 6.17. The number of amides is 1. The van der Waals surface area contributed by atoms with Gasteiger partial charge in [0.15, 0.2) is 0 Å². The highest BCUT2D eigenvalue weighted by Gasteiger charge is 2.17. The highest BCUT2D eigenvalue weighted by atomic mass is 32.1. The average Bonchev–Trinajstić information content (AvgIpc) is 2.80. The summed E-state index contributed by atoms with van der Waals surface area (Å²) in [4.78, 5) is 18.7. The number of rotatable bonds is 3. The minimum atomic E-state index is -0.276. The van der Waals surface area contributed by atoms with E-state index in [4.69, 9.17) is 0 Å². The molecule has 0 bridgehead atoms. The lowest BCUT2D eigenvalue weighted by Crippen LogP contribution is -2.35. The van der Waals surface area contributed by atoms with E-state index in [1.54, 1.807) is 6.07 Å². The summed E-state index contributed by atoms with van der Waals surface area (Å²) in [5, 5.41) is 5.92. The van der Waals surface area contributed by atoms with Crippen molar-refractivity contribution < 1.29 is 9.18 Å². The largest absolute Gasteiger partial charge is 0.341 e. The van der Waals surface area contributed by atoms with Gasteiger partial charge in [-0.25, -0.2) is 9.37 Å². The predicted molar refractivity (Wildman–Crippen MR) is 85.3 cm³/mol. The zero-order chi connectivity index (χ0) is 15.4. The van der Waals surface area contributed by atoms with Crippen LogP contribution in [0.25, 0.3) is 10.6 Å². The standard InChI is InChI=1S/C16H18FN3OS/c17-13-4-1-3-12(9-13)16-19-14(11-22-16)10-15(21)20-7-2-5-18-6-8-20/h1,3-4,9,11,18H,2,5-8,10H2. The van der Waals surface area contributed by atoms with Crippen LogP contribution in [0.1, 0.15) is 12.1 Å². The molecule has 1 aromatic carbocycles. The lowest BCUT2D eigenvalue weighted by molar-refractivity contribution is -0.130. The van der Waals surface area contributed by atoms with Crippen LogP contribution < -0.4 is 5.32 Å². The molecule has 1 saturated heterocycles. The van der Waals surface area contributed by atoms with Gasteiger partial charge in [0, 0.05) is 30.6 Å². The molecule has 1 aromatic heterocycles. The van der Waals surface area contributed by atoms with Crippen LogP contribution in [0.15, 0.2) is 29.6 Å². The van der Waals surface area contributed by atoms with E-state index in [-0.39, 0.29) is 11.7 Å². The van der Waals surface area contributed by atoms with Crippen molar-refractivity contribution in [3.8, 4) is 10.6 Å². The Kier molecular flexibility index (Phi) is 4.80. The summed E-state index contributed by atoms with van der Waals surface area (Å²) in [5.41, 5.74) is 1.51. The molecule has 1 aliphatic rings. The second kappa shape index (κ2) is 6.98. The third kappa shape index (κ3) is 3.69. The maximum absolute atomic E-state index is 13.3. The number of carbonyl (C=O) groups is 1. The summed E-state index contributed by atoms with van der Waals surface area (Å²) >= 11 is 1.44. The van der Waals surface area contributed by atoms with Crippen LogP contribution >= 0.6 is 11.3 Å². The van der Waals surface area contributed by atoms with Crippen LogP contribution in [0.3, 0.4) is 0 Å². The summed E-state index contributed by atoms with van der Waals surface area (Å²) in [6.45, 7) is 3.36. The van der Waals surface area contributed by atoms with Crippen LogP contribution in [0, 0.1) is 5.82 Å². The highest BCUT2D eigenvalue weighted by Crippen LogP contribution is 2.24. The first-order valence-corrected chi connectivity index (χ1v) is 8.29. The number of carbonyl (C=O) groups excluding carboxylic acids is 1. The third-order valence-electron chi connectivity index (χ3n) is 3.65. The quantitative estimate of drug-likeness (QED) is 0.944. The lowest BCUT2D eigenvalue weighted by Gasteiger charge is -2.19. The summed E-state index contributed by atoms with van der Waals surface area (Å²) in [6.07, 6.45) is 1.29. The minimum Gasteiger partial charge on any atom is -0.341 e. The molecule has 0 saturated carbocycles. The maximum atomic E-state index is 13.3. The zero-order valence-corrected chi connectivity index (χ0v) is 13.0. The van der Waals surface area contributed by atoms with Gasteiger partial charge in [-0.2, -0.15) is 0 Å². The fourth-order valence-corrected chi connectivity index (χ4v) is 3.32. The van der Waals surface area contributed by atoms with E-state index in [0.717, 1.165) is 48.9 Å². The molecule has 2 heterocycles. The molecule has 1 N–H and O–H groups in total. The van der Waals surface area contributed by atoms with Crippen molar-refractivity contribution in [1.82, 2.24) is 15.2 Å². The van der Waals surface area contributed by atoms with Crippen LogP contribution in [0.4, 0.5) is 4.39 Å². The Morgan fingerprint density at radius 1 is 1.36 bits per heavy atom. The number of benzene rings is 1. The molecule has 6 heteroatoms. The normalized spacial score (nSPS) is 15.6. The van der Waals surface area contributed by atoms with Crippen molar-refractivity contribution in [2.75, 3.05) is 26.2 Å². The number of hydrogen-bond acceptors (Lipinski definition) is 4. The molecule has 3 rings (SSSR count). The fraction of sp³-hybridized carbons (Fsp3) is 0.375. The molecule has 22 heavy (non-hydrogen) atoms. The Morgan fingerprint density at radius 3 is 3.14 bits per heavy atom. The fourth-order valence-electron chi connectivity index (χ4n) is 2.50. The predicted octanol–water partition coefficient (Wildman–Crippen LogP) is 2.31. The molecule has 0 aliphatic carbocycles. The van der Waals surface area contributed by atoms with Crippen molar-refractivity contribution in [1.29, 1.82) is 0 Å². The van der Waals surface area contributed by atoms with Gasteiger partial charge in [0.1, 0.15) is 10.8 Å². The van der Waals surface area contributed by atoms with Gasteiger partial charge in [0.05, 0.1) is 12.1 Å². The zero-order valence-electron chi connectivity index (χ0n) is 12.2. The SMILES string of the molecule is O=C(Cc1csc(-c2cccc(F)c2)n1)N1CCCNCC1. The Labute approximate surface area is 133 Å². The van der Waals surface area contributed by atoms with Crippen LogP contribution in [0.2, 0.25) is 0 Å². The first kappa shape index (κ1) is 15.1. The van der Waals surface area contributed by atoms with Crippen LogP contribution in [0.5, 0.6) is 0 Å². The van der Waals surface area contributed by atoms with E-state index in [1.807, 2.05) is 16.3 Å². The summed E-state index contributed by atoms with van der Waals surface area (Å²) in [7, 11) is 0. The average molecular weight is 319 g/mol. The number of thiazole rings is 1. The van der Waals surface area contributed by atoms with Gasteiger partial charge >= 0.3 is 0 Å². The Morgan fingerprint density at radius 2 is 2.27 bits per heavy atom. The first-order chi connectivity index (χ1) is 10.7. The molecule has 1 amide bonds. The molecule has 1 fully saturated rings. The van der Waals surface area contributed by atoms with Crippen molar-refractivity contribution in [3.05, 3.63) is 41.2 Å². The van der Waals surface area contributed by atoms with Gasteiger partial charge in [-0.15, -0.1) is 11.3 Å². The summed E-state index contributed by atoms with van der Waals surface area (Å²) < 4.78 is 13.3. The number of aromatic nitrogens is 1. The minimum absolute atomic E-state index is 0.111. The first-order valence-electron chi connectivity index (χ1n) is 7.41. The molecular weight excluding hydrogens is 301 g/mol. The van der Waals surface area contributed by atoms with Crippen LogP contribution in [-0.2, 0) is 11.2 Å². The summed E-state index contributed by atoms with van der Waals surface area (Å²) in [5.74, 6) is -0.165. The van der Waals surface area contributed by atoms with Gasteiger partial charge < -0.3 is 10.2 Å². The van der Waals surface area contributed by atoms with Crippen molar-refractivity contribution >= 4 is 17.2 Å². The third-order valence-corrected chi connectivity index (χ3v) is 4.59. The van der Waals surface area contributed by atoms with Crippen molar-refractivity contribution in [3.63, 3.8) is 0 Å². The van der Waals surface area contributed by atoms with Crippen molar-refractivity contribution in [2.24, 2.45) is 0 Å². The van der Waals surface area contributed by atoms with E-state index in [9.17, 15) is 9.18 Å². The summed E-state index contributed by atoms with van der Waals surface area (Å²) in [6, 6.07) is 6.37. The monoisotopic (exact) mass is 319 g/mol. The molecule has 0 atom stereocenters. The lowest BCUT2D eigenvalue weighted by atomic mass is 10.2. The number of halogens is 1. The van der Waals surface area contributed by atoms with Crippen molar-refractivity contribution in [2.45, 2.75) is 12.8 Å². The van der Waals surface area contributed by atoms with E-state index in [0.29, 0.717) is 6.42 Å². The van der Waals surface area contributed by atoms with E-state index < -0.39 is 0 Å². The Balaban J connectivity index is 1.67. The molecule has 4 nitrogen and oxygen atoms in total. The van der Waals surface area contributed by atoms with E-state index in [2.05, 4.69) is 10.3 Å². The number of nitrogens with zero attached hydrogens (tertiary/aromatic N) is 2. The van der Waals surface area contributed by atoms with Gasteiger partial charge in [0.2, 0.25) is 5.91 Å². The number of nitrogens with one attached hydrogen (secondary N) is 1. The van der Waals surface area contributed by atoms with Gasteiger partial charge in [-0.1, -0.05) is 12.1 Å². The topological polar surface area (TPSA) is 45.2 Å². The highest BCUT2D eigenvalue weighted by molar-refractivity contribution is 7.13. The molecule has 0 radical (unpaired) electrons. The molecule has 0 unspecified atom stereocenters. The Bertz CT molecular complexity index is 650. The maximum Gasteiger partial charge on any atom is 0.228 e. The molecule has 0 spiro atoms. The molecule has 1 aliphatic heterocycles. The van der Waals surface area contributed by atoms with Gasteiger partial charge in [-0.3, -0.25) is 4.79 Å². The Hall–Kier alpha value is -1.79. The van der Waals surface area contributed by atoms with E-state index >= 15 is 0 Å². The van der Waals surface area contributed by atoms with Gasteiger partial charge in [-0.05, 0) is 25.1 Å². The molecular formula is C16H18FN3OS. The second-order valence-electron chi connectivity index (χ2n) is 5.32.